The summed E-state index contributed by atoms with van der Waals surface area (Å²) in [4.78, 5) is 12.9. The Balaban J connectivity index is 1.69. The molecule has 1 atom stereocenters. The average Bonchev–Trinajstić information content (AvgIpc) is 3.46. The van der Waals surface area contributed by atoms with Gasteiger partial charge in [0.25, 0.3) is 6.43 Å². The molecule has 7 heteroatoms. The van der Waals surface area contributed by atoms with Gasteiger partial charge in [0.05, 0.1) is 23.3 Å². The van der Waals surface area contributed by atoms with Gasteiger partial charge in [0, 0.05) is 22.6 Å². The molecule has 0 bridgehead atoms. The number of alkyl halides is 2. The molecule has 4 rings (SSSR count). The average molecular weight is 358 g/mol. The second-order valence-corrected chi connectivity index (χ2v) is 6.54. The van der Waals surface area contributed by atoms with Crippen molar-refractivity contribution in [3.05, 3.63) is 59.4 Å². The molecule has 1 aromatic carbocycles. The van der Waals surface area contributed by atoms with E-state index in [1.807, 2.05) is 6.07 Å². The predicted molar refractivity (Wildman–Crippen MR) is 92.7 cm³/mol. The van der Waals surface area contributed by atoms with Gasteiger partial charge in [0.1, 0.15) is 18.0 Å². The highest BCUT2D eigenvalue weighted by atomic mass is 19.3. The van der Waals surface area contributed by atoms with Crippen molar-refractivity contribution in [3.8, 4) is 0 Å². The van der Waals surface area contributed by atoms with Crippen molar-refractivity contribution in [1.29, 1.82) is 0 Å². The molecule has 1 fully saturated rings. The van der Waals surface area contributed by atoms with Crippen LogP contribution in [0.4, 0.5) is 19.0 Å². The molecule has 0 spiro atoms. The fourth-order valence-electron chi connectivity index (χ4n) is 3.05. The van der Waals surface area contributed by atoms with Gasteiger partial charge in [0.15, 0.2) is 0 Å². The predicted octanol–water partition coefficient (Wildman–Crippen LogP) is 5.15. The summed E-state index contributed by atoms with van der Waals surface area (Å²) in [5, 5.41) is 3.92. The van der Waals surface area contributed by atoms with Crippen LogP contribution in [0.2, 0.25) is 0 Å². The maximum absolute atomic E-state index is 14.4. The van der Waals surface area contributed by atoms with Crippen LogP contribution in [0.25, 0.3) is 10.9 Å². The number of hydrogen-bond donors (Lipinski definition) is 1. The van der Waals surface area contributed by atoms with Crippen molar-refractivity contribution in [1.82, 2.24) is 15.0 Å². The van der Waals surface area contributed by atoms with Gasteiger partial charge in [-0.3, -0.25) is 4.98 Å². The zero-order valence-electron chi connectivity index (χ0n) is 14.1. The Hall–Kier alpha value is -2.70. The second-order valence-electron chi connectivity index (χ2n) is 6.54. The Kier molecular flexibility index (Phi) is 4.22. The Morgan fingerprint density at radius 3 is 2.62 bits per heavy atom. The Bertz CT molecular complexity index is 957. The maximum atomic E-state index is 14.4. The summed E-state index contributed by atoms with van der Waals surface area (Å²) in [6, 6.07) is 5.45. The van der Waals surface area contributed by atoms with Gasteiger partial charge in [-0.05, 0) is 25.8 Å². The third kappa shape index (κ3) is 3.09. The lowest BCUT2D eigenvalue weighted by Gasteiger charge is -2.18. The van der Waals surface area contributed by atoms with E-state index in [1.165, 1.54) is 18.5 Å². The van der Waals surface area contributed by atoms with Gasteiger partial charge < -0.3 is 5.32 Å². The summed E-state index contributed by atoms with van der Waals surface area (Å²) in [5.74, 6) is 0.125. The minimum absolute atomic E-state index is 0.172. The monoisotopic (exact) mass is 358 g/mol. The summed E-state index contributed by atoms with van der Waals surface area (Å²) in [7, 11) is 0. The van der Waals surface area contributed by atoms with E-state index < -0.39 is 23.8 Å². The molecule has 0 unspecified atom stereocenters. The Morgan fingerprint density at radius 1 is 1.12 bits per heavy atom. The molecule has 134 valence electrons. The molecule has 2 aromatic heterocycles. The zero-order chi connectivity index (χ0) is 18.3. The number of fused-ring (bicyclic) bond motifs is 1. The van der Waals surface area contributed by atoms with E-state index in [1.54, 1.807) is 13.1 Å². The van der Waals surface area contributed by atoms with Crippen molar-refractivity contribution in [2.45, 2.75) is 38.2 Å². The lowest BCUT2D eigenvalue weighted by Crippen LogP contribution is -2.12. The molecule has 2 heterocycles. The third-order valence-corrected chi connectivity index (χ3v) is 4.65. The molecule has 1 saturated carbocycles. The largest absolute Gasteiger partial charge is 0.363 e. The summed E-state index contributed by atoms with van der Waals surface area (Å²) in [6.07, 6.45) is 2.50. The molecule has 0 saturated heterocycles. The highest BCUT2D eigenvalue weighted by molar-refractivity contribution is 5.88. The minimum Gasteiger partial charge on any atom is -0.363 e. The van der Waals surface area contributed by atoms with Crippen LogP contribution in [0, 0.1) is 5.82 Å². The highest BCUT2D eigenvalue weighted by Gasteiger charge is 2.26. The Morgan fingerprint density at radius 2 is 1.88 bits per heavy atom. The summed E-state index contributed by atoms with van der Waals surface area (Å²) >= 11 is 0. The smallest absolute Gasteiger partial charge is 0.266 e. The van der Waals surface area contributed by atoms with E-state index in [0.29, 0.717) is 17.3 Å². The van der Waals surface area contributed by atoms with E-state index in [9.17, 15) is 13.2 Å². The first-order valence-corrected chi connectivity index (χ1v) is 8.48. The van der Waals surface area contributed by atoms with Gasteiger partial charge in [-0.1, -0.05) is 18.2 Å². The van der Waals surface area contributed by atoms with E-state index in [4.69, 9.17) is 0 Å². The van der Waals surface area contributed by atoms with Gasteiger partial charge in [-0.25, -0.2) is 23.1 Å². The van der Waals surface area contributed by atoms with Crippen LogP contribution >= 0.6 is 0 Å². The van der Waals surface area contributed by atoms with Crippen LogP contribution in [-0.2, 0) is 0 Å². The fraction of sp³-hybridized carbons (Fsp3) is 0.316. The lowest BCUT2D eigenvalue weighted by atomic mass is 10.0. The molecular weight excluding hydrogens is 341 g/mol. The summed E-state index contributed by atoms with van der Waals surface area (Å²) in [6.45, 7) is 1.71. The molecule has 0 aliphatic heterocycles. The quantitative estimate of drug-likeness (QED) is 0.685. The maximum Gasteiger partial charge on any atom is 0.266 e. The van der Waals surface area contributed by atoms with Crippen LogP contribution in [0.1, 0.15) is 55.0 Å². The number of anilines is 1. The molecule has 26 heavy (non-hydrogen) atoms. The molecule has 0 radical (unpaired) electrons. The standard InChI is InChI=1S/C19H17F3N4/c1-10(12-3-2-4-13(17(12)20)18(21)22)26-19-14-7-15(11-5-6-11)23-8-16(14)24-9-25-19/h2-4,7-11,18H,5-6H2,1H3,(H,24,25,26)/t10-/m1/s1. The molecule has 1 N–H and O–H groups in total. The number of halogens is 3. The van der Waals surface area contributed by atoms with Crippen molar-refractivity contribution >= 4 is 16.7 Å². The van der Waals surface area contributed by atoms with Gasteiger partial charge >= 0.3 is 0 Å². The van der Waals surface area contributed by atoms with Crippen LogP contribution < -0.4 is 5.32 Å². The van der Waals surface area contributed by atoms with E-state index in [2.05, 4.69) is 20.3 Å². The number of aromatic nitrogens is 3. The normalized spacial score (nSPS) is 15.4. The van der Waals surface area contributed by atoms with Crippen molar-refractivity contribution in [2.75, 3.05) is 5.32 Å². The van der Waals surface area contributed by atoms with E-state index in [0.717, 1.165) is 30.0 Å². The number of hydrogen-bond acceptors (Lipinski definition) is 4. The molecule has 3 aromatic rings. The molecule has 0 amide bonds. The zero-order valence-corrected chi connectivity index (χ0v) is 14.1. The number of nitrogens with one attached hydrogen (secondary N) is 1. The number of rotatable bonds is 5. The van der Waals surface area contributed by atoms with Crippen molar-refractivity contribution in [2.24, 2.45) is 0 Å². The number of benzene rings is 1. The number of nitrogens with zero attached hydrogens (tertiary/aromatic N) is 3. The molecular formula is C19H17F3N4. The van der Waals surface area contributed by atoms with Gasteiger partial charge in [-0.2, -0.15) is 0 Å². The first-order chi connectivity index (χ1) is 12.5. The van der Waals surface area contributed by atoms with Crippen LogP contribution in [0.3, 0.4) is 0 Å². The van der Waals surface area contributed by atoms with Crippen LogP contribution in [-0.4, -0.2) is 15.0 Å². The first-order valence-electron chi connectivity index (χ1n) is 8.48. The summed E-state index contributed by atoms with van der Waals surface area (Å²) < 4.78 is 40.3. The van der Waals surface area contributed by atoms with Gasteiger partial charge in [0.2, 0.25) is 0 Å². The SMILES string of the molecule is C[C@@H](Nc1ncnc2cnc(C3CC3)cc12)c1cccc(C(F)F)c1F. The Labute approximate surface area is 148 Å². The third-order valence-electron chi connectivity index (χ3n) is 4.65. The molecule has 1 aliphatic carbocycles. The van der Waals surface area contributed by atoms with Crippen LogP contribution in [0.15, 0.2) is 36.8 Å². The minimum atomic E-state index is -2.85. The summed E-state index contributed by atoms with van der Waals surface area (Å²) in [5.41, 5.74) is 1.25. The van der Waals surface area contributed by atoms with Crippen molar-refractivity contribution in [3.63, 3.8) is 0 Å². The first kappa shape index (κ1) is 16.8. The topological polar surface area (TPSA) is 50.7 Å². The number of pyridine rings is 1. The van der Waals surface area contributed by atoms with Gasteiger partial charge in [-0.15, -0.1) is 0 Å². The van der Waals surface area contributed by atoms with Crippen molar-refractivity contribution < 1.29 is 13.2 Å². The second kappa shape index (κ2) is 6.55. The molecule has 4 nitrogen and oxygen atoms in total. The van der Waals surface area contributed by atoms with E-state index >= 15 is 0 Å². The molecule has 1 aliphatic rings. The van der Waals surface area contributed by atoms with E-state index in [-0.39, 0.29) is 5.56 Å². The van der Waals surface area contributed by atoms with Crippen LogP contribution in [0.5, 0.6) is 0 Å². The fourth-order valence-corrected chi connectivity index (χ4v) is 3.05. The highest BCUT2D eigenvalue weighted by Crippen LogP contribution is 2.40. The lowest BCUT2D eigenvalue weighted by molar-refractivity contribution is 0.146.